The number of rotatable bonds is 2. The summed E-state index contributed by atoms with van der Waals surface area (Å²) in [5.74, 6) is 6.35. The average Bonchev–Trinajstić information content (AvgIpc) is 1.97. The lowest BCUT2D eigenvalue weighted by atomic mass is 10.2. The van der Waals surface area contributed by atoms with Gasteiger partial charge >= 0.3 is 0 Å². The van der Waals surface area contributed by atoms with Crippen molar-refractivity contribution in [3.05, 3.63) is 0 Å². The van der Waals surface area contributed by atoms with E-state index in [1.165, 1.54) is 0 Å². The van der Waals surface area contributed by atoms with Crippen molar-refractivity contribution in [2.45, 2.75) is 27.7 Å². The van der Waals surface area contributed by atoms with Crippen molar-refractivity contribution in [1.82, 2.24) is 5.32 Å². The lowest BCUT2D eigenvalue weighted by Crippen LogP contribution is -2.27. The van der Waals surface area contributed by atoms with E-state index in [-0.39, 0.29) is 11.8 Å². The van der Waals surface area contributed by atoms with Crippen molar-refractivity contribution >= 4 is 5.91 Å². The molecule has 0 saturated carbocycles. The molecule has 0 saturated heterocycles. The van der Waals surface area contributed by atoms with Crippen LogP contribution in [0.25, 0.3) is 0 Å². The number of hydrogen-bond donors (Lipinski definition) is 1. The fourth-order valence-electron chi connectivity index (χ4n) is 0.591. The molecule has 0 radical (unpaired) electrons. The van der Waals surface area contributed by atoms with Gasteiger partial charge in [0.1, 0.15) is 0 Å². The molecule has 0 bridgehead atoms. The zero-order chi connectivity index (χ0) is 9.56. The van der Waals surface area contributed by atoms with Crippen LogP contribution in [0.4, 0.5) is 0 Å². The molecule has 0 unspecified atom stereocenters. The predicted octanol–water partition coefficient (Wildman–Crippen LogP) is 1.42. The van der Waals surface area contributed by atoms with E-state index >= 15 is 0 Å². The monoisotopic (exact) mass is 167 g/mol. The van der Waals surface area contributed by atoms with Crippen LogP contribution in [0.5, 0.6) is 0 Å². The molecule has 0 fully saturated rings. The molecule has 0 aromatic heterocycles. The predicted molar refractivity (Wildman–Crippen MR) is 50.5 cm³/mol. The Balaban J connectivity index is 3.59. The Morgan fingerprint density at radius 2 is 1.92 bits per heavy atom. The average molecular weight is 167 g/mol. The van der Waals surface area contributed by atoms with Gasteiger partial charge in [0.05, 0.1) is 6.54 Å². The first-order valence-corrected chi connectivity index (χ1v) is 4.30. The van der Waals surface area contributed by atoms with E-state index in [4.69, 9.17) is 0 Å². The summed E-state index contributed by atoms with van der Waals surface area (Å²) in [6, 6.07) is 0. The van der Waals surface area contributed by atoms with Crippen LogP contribution in [0.1, 0.15) is 27.7 Å². The van der Waals surface area contributed by atoms with Crippen LogP contribution in [0.2, 0.25) is 0 Å². The molecule has 0 aromatic carbocycles. The zero-order valence-corrected chi connectivity index (χ0v) is 8.27. The van der Waals surface area contributed by atoms with Crippen LogP contribution in [-0.4, -0.2) is 12.5 Å². The lowest BCUT2D eigenvalue weighted by Gasteiger charge is -2.02. The van der Waals surface area contributed by atoms with Gasteiger partial charge in [0.2, 0.25) is 5.91 Å². The maximum Gasteiger partial charge on any atom is 0.223 e. The van der Waals surface area contributed by atoms with Crippen LogP contribution < -0.4 is 5.32 Å². The second-order valence-electron chi connectivity index (χ2n) is 3.35. The Morgan fingerprint density at radius 3 is 2.33 bits per heavy atom. The SMILES string of the molecule is CC(C)C#CCNC(=O)C(C)C. The van der Waals surface area contributed by atoms with Crippen LogP contribution in [0.15, 0.2) is 0 Å². The molecular formula is C10H17NO. The van der Waals surface area contributed by atoms with Gasteiger partial charge < -0.3 is 5.32 Å². The molecule has 0 aliphatic rings. The van der Waals surface area contributed by atoms with E-state index < -0.39 is 0 Å². The van der Waals surface area contributed by atoms with Gasteiger partial charge in [-0.3, -0.25) is 4.79 Å². The third-order valence-corrected chi connectivity index (χ3v) is 1.27. The number of hydrogen-bond acceptors (Lipinski definition) is 1. The molecule has 2 nitrogen and oxygen atoms in total. The van der Waals surface area contributed by atoms with Crippen molar-refractivity contribution in [3.63, 3.8) is 0 Å². The Bertz CT molecular complexity index is 196. The third kappa shape index (κ3) is 5.79. The first-order chi connectivity index (χ1) is 5.54. The second-order valence-corrected chi connectivity index (χ2v) is 3.35. The number of amides is 1. The normalized spacial score (nSPS) is 9.50. The van der Waals surface area contributed by atoms with Crippen LogP contribution >= 0.6 is 0 Å². The zero-order valence-electron chi connectivity index (χ0n) is 8.27. The molecule has 0 aliphatic carbocycles. The first kappa shape index (κ1) is 11.0. The molecule has 68 valence electrons. The van der Waals surface area contributed by atoms with Gasteiger partial charge in [-0.1, -0.05) is 39.5 Å². The molecule has 2 heteroatoms. The minimum Gasteiger partial charge on any atom is -0.345 e. The molecular weight excluding hydrogens is 150 g/mol. The Labute approximate surface area is 74.7 Å². The van der Waals surface area contributed by atoms with Crippen LogP contribution in [-0.2, 0) is 4.79 Å². The summed E-state index contributed by atoms with van der Waals surface area (Å²) in [5, 5.41) is 2.72. The van der Waals surface area contributed by atoms with Crippen LogP contribution in [0, 0.1) is 23.7 Å². The van der Waals surface area contributed by atoms with Crippen LogP contribution in [0.3, 0.4) is 0 Å². The van der Waals surface area contributed by atoms with Crippen molar-refractivity contribution in [2.24, 2.45) is 11.8 Å². The highest BCUT2D eigenvalue weighted by atomic mass is 16.1. The highest BCUT2D eigenvalue weighted by Gasteiger charge is 2.03. The van der Waals surface area contributed by atoms with Gasteiger partial charge in [0, 0.05) is 11.8 Å². The molecule has 0 rings (SSSR count). The molecule has 12 heavy (non-hydrogen) atoms. The van der Waals surface area contributed by atoms with Gasteiger partial charge in [-0.25, -0.2) is 0 Å². The third-order valence-electron chi connectivity index (χ3n) is 1.27. The second kappa shape index (κ2) is 5.65. The molecule has 0 spiro atoms. The topological polar surface area (TPSA) is 29.1 Å². The number of nitrogens with one attached hydrogen (secondary N) is 1. The fraction of sp³-hybridized carbons (Fsp3) is 0.700. The highest BCUT2D eigenvalue weighted by molar-refractivity contribution is 5.78. The van der Waals surface area contributed by atoms with Crippen molar-refractivity contribution < 1.29 is 4.79 Å². The lowest BCUT2D eigenvalue weighted by molar-refractivity contribution is -0.123. The number of carbonyl (C=O) groups is 1. The van der Waals surface area contributed by atoms with E-state index in [0.717, 1.165) is 0 Å². The van der Waals surface area contributed by atoms with Gasteiger partial charge in [-0.2, -0.15) is 0 Å². The molecule has 0 aromatic rings. The molecule has 1 N–H and O–H groups in total. The van der Waals surface area contributed by atoms with Gasteiger partial charge in [0.15, 0.2) is 0 Å². The highest BCUT2D eigenvalue weighted by Crippen LogP contribution is 1.89. The van der Waals surface area contributed by atoms with Gasteiger partial charge in [-0.05, 0) is 0 Å². The summed E-state index contributed by atoms with van der Waals surface area (Å²) >= 11 is 0. The fourth-order valence-corrected chi connectivity index (χ4v) is 0.591. The molecule has 0 aliphatic heterocycles. The Hall–Kier alpha value is -0.970. The Morgan fingerprint density at radius 1 is 1.33 bits per heavy atom. The summed E-state index contributed by atoms with van der Waals surface area (Å²) in [6.07, 6.45) is 0. The minimum atomic E-state index is 0.0471. The van der Waals surface area contributed by atoms with Gasteiger partial charge in [0.25, 0.3) is 0 Å². The smallest absolute Gasteiger partial charge is 0.223 e. The summed E-state index contributed by atoms with van der Waals surface area (Å²) < 4.78 is 0. The largest absolute Gasteiger partial charge is 0.345 e. The van der Waals surface area contributed by atoms with E-state index in [1.807, 2.05) is 27.7 Å². The maximum atomic E-state index is 11.0. The molecule has 1 amide bonds. The maximum absolute atomic E-state index is 11.0. The Kier molecular flexibility index (Phi) is 5.19. The van der Waals surface area contributed by atoms with Crippen molar-refractivity contribution in [1.29, 1.82) is 0 Å². The standard InChI is InChI=1S/C10H17NO/c1-8(2)6-5-7-11-10(12)9(3)4/h8-9H,7H2,1-4H3,(H,11,12). The molecule has 0 atom stereocenters. The van der Waals surface area contributed by atoms with Gasteiger partial charge in [-0.15, -0.1) is 0 Å². The summed E-state index contributed by atoms with van der Waals surface area (Å²) in [4.78, 5) is 11.0. The molecule has 0 heterocycles. The number of carbonyl (C=O) groups excluding carboxylic acids is 1. The van der Waals surface area contributed by atoms with E-state index in [9.17, 15) is 4.79 Å². The quantitative estimate of drug-likeness (QED) is 0.619. The summed E-state index contributed by atoms with van der Waals surface area (Å²) in [7, 11) is 0. The summed E-state index contributed by atoms with van der Waals surface area (Å²) in [6.45, 7) is 8.25. The minimum absolute atomic E-state index is 0.0471. The van der Waals surface area contributed by atoms with E-state index in [2.05, 4.69) is 17.2 Å². The van der Waals surface area contributed by atoms with Crippen molar-refractivity contribution in [2.75, 3.05) is 6.54 Å². The van der Waals surface area contributed by atoms with E-state index in [1.54, 1.807) is 0 Å². The summed E-state index contributed by atoms with van der Waals surface area (Å²) in [5.41, 5.74) is 0. The van der Waals surface area contributed by atoms with E-state index in [0.29, 0.717) is 12.5 Å². The van der Waals surface area contributed by atoms with Crippen molar-refractivity contribution in [3.8, 4) is 11.8 Å². The first-order valence-electron chi connectivity index (χ1n) is 4.30.